The van der Waals surface area contributed by atoms with Crippen LogP contribution in [0.15, 0.2) is 29.4 Å². The van der Waals surface area contributed by atoms with E-state index in [4.69, 9.17) is 9.47 Å². The zero-order valence-corrected chi connectivity index (χ0v) is 16.5. The molecule has 0 atom stereocenters. The summed E-state index contributed by atoms with van der Waals surface area (Å²) in [5.41, 5.74) is 0. The van der Waals surface area contributed by atoms with E-state index in [1.807, 2.05) is 35.9 Å². The number of benzene rings is 1. The molecule has 2 aromatic rings. The van der Waals surface area contributed by atoms with Crippen LogP contribution in [-0.4, -0.2) is 39.6 Å². The molecule has 0 unspecified atom stereocenters. The number of amides is 1. The molecule has 1 aromatic carbocycles. The summed E-state index contributed by atoms with van der Waals surface area (Å²) in [6.45, 7) is 4.44. The number of hydrogen-bond donors (Lipinski definition) is 1. The number of carbonyl (C=O) groups excluding carboxylic acids is 1. The molecule has 1 amide bonds. The van der Waals surface area contributed by atoms with Gasteiger partial charge in [-0.1, -0.05) is 25.6 Å². The van der Waals surface area contributed by atoms with Gasteiger partial charge >= 0.3 is 0 Å². The van der Waals surface area contributed by atoms with E-state index in [9.17, 15) is 4.79 Å². The van der Waals surface area contributed by atoms with Crippen LogP contribution in [0.25, 0.3) is 0 Å². The molecule has 7 nitrogen and oxygen atoms in total. The summed E-state index contributed by atoms with van der Waals surface area (Å²) < 4.78 is 12.7. The Morgan fingerprint density at radius 1 is 1.19 bits per heavy atom. The minimum Gasteiger partial charge on any atom is -0.497 e. The van der Waals surface area contributed by atoms with Crippen molar-refractivity contribution in [2.75, 3.05) is 12.9 Å². The van der Waals surface area contributed by atoms with Crippen molar-refractivity contribution in [2.45, 2.75) is 44.5 Å². The molecule has 0 aliphatic rings. The molecule has 1 N–H and O–H groups in total. The van der Waals surface area contributed by atoms with Crippen LogP contribution < -0.4 is 14.8 Å². The highest BCUT2D eigenvalue weighted by molar-refractivity contribution is 7.99. The highest BCUT2D eigenvalue weighted by Gasteiger charge is 2.13. The Labute approximate surface area is 158 Å². The Morgan fingerprint density at radius 3 is 2.46 bits per heavy atom. The van der Waals surface area contributed by atoms with Gasteiger partial charge < -0.3 is 19.4 Å². The molecule has 1 heterocycles. The molecule has 0 fully saturated rings. The number of methoxy groups -OCH3 is 1. The van der Waals surface area contributed by atoms with Crippen LogP contribution in [0, 0.1) is 0 Å². The van der Waals surface area contributed by atoms with Gasteiger partial charge in [-0.05, 0) is 37.1 Å². The van der Waals surface area contributed by atoms with Gasteiger partial charge in [0, 0.05) is 13.1 Å². The number of ether oxygens (including phenoxy) is 2. The summed E-state index contributed by atoms with van der Waals surface area (Å²) in [5, 5.41) is 12.0. The smallest absolute Gasteiger partial charge is 0.230 e. The van der Waals surface area contributed by atoms with Crippen LogP contribution in [-0.2, 0) is 18.4 Å². The Bertz CT molecular complexity index is 699. The molecule has 1 aromatic heterocycles. The third kappa shape index (κ3) is 5.66. The predicted molar refractivity (Wildman–Crippen MR) is 102 cm³/mol. The minimum atomic E-state index is 0.0164. The van der Waals surface area contributed by atoms with Gasteiger partial charge in [0.2, 0.25) is 5.91 Å². The molecule has 26 heavy (non-hydrogen) atoms. The molecule has 8 heteroatoms. The van der Waals surface area contributed by atoms with Crippen molar-refractivity contribution in [3.05, 3.63) is 30.1 Å². The largest absolute Gasteiger partial charge is 0.497 e. The average Bonchev–Trinajstić information content (AvgIpc) is 3.02. The van der Waals surface area contributed by atoms with Crippen molar-refractivity contribution in [1.82, 2.24) is 20.1 Å². The lowest BCUT2D eigenvalue weighted by molar-refractivity contribution is -0.119. The van der Waals surface area contributed by atoms with Crippen LogP contribution in [0.5, 0.6) is 11.5 Å². The third-order valence-electron chi connectivity index (χ3n) is 4.04. The summed E-state index contributed by atoms with van der Waals surface area (Å²) in [6, 6.07) is 7.59. The molecule has 0 saturated heterocycles. The van der Waals surface area contributed by atoms with E-state index in [0.29, 0.717) is 23.3 Å². The maximum Gasteiger partial charge on any atom is 0.230 e. The van der Waals surface area contributed by atoms with Crippen LogP contribution in [0.4, 0.5) is 0 Å². The third-order valence-corrected chi connectivity index (χ3v) is 5.06. The second-order valence-electron chi connectivity index (χ2n) is 5.79. The zero-order chi connectivity index (χ0) is 18.9. The Balaban J connectivity index is 1.85. The lowest BCUT2D eigenvalue weighted by Crippen LogP contribution is -2.35. The van der Waals surface area contributed by atoms with E-state index < -0.39 is 0 Å². The highest BCUT2D eigenvalue weighted by atomic mass is 32.2. The molecule has 142 valence electrons. The lowest BCUT2D eigenvalue weighted by Gasteiger charge is -2.14. The average molecular weight is 378 g/mol. The van der Waals surface area contributed by atoms with Gasteiger partial charge in [-0.2, -0.15) is 0 Å². The minimum absolute atomic E-state index is 0.0164. The van der Waals surface area contributed by atoms with Gasteiger partial charge in [0.15, 0.2) is 11.0 Å². The number of aromatic nitrogens is 3. The van der Waals surface area contributed by atoms with Crippen LogP contribution in [0.2, 0.25) is 0 Å². The van der Waals surface area contributed by atoms with E-state index in [2.05, 4.69) is 29.4 Å². The van der Waals surface area contributed by atoms with Crippen LogP contribution in [0.1, 0.15) is 32.5 Å². The van der Waals surface area contributed by atoms with Gasteiger partial charge in [0.05, 0.1) is 12.9 Å². The lowest BCUT2D eigenvalue weighted by atomic mass is 10.2. The Morgan fingerprint density at radius 2 is 1.85 bits per heavy atom. The standard InChI is InChI=1S/C18H26N4O3S/c1-5-13(6-2)19-17(23)12-26-18-21-20-16(22(18)3)11-25-15-9-7-14(24-4)8-10-15/h7-10,13H,5-6,11-12H2,1-4H3,(H,19,23). The second-order valence-corrected chi connectivity index (χ2v) is 6.73. The van der Waals surface area contributed by atoms with Crippen molar-refractivity contribution < 1.29 is 14.3 Å². The van der Waals surface area contributed by atoms with Crippen molar-refractivity contribution in [3.8, 4) is 11.5 Å². The Hall–Kier alpha value is -2.22. The summed E-state index contributed by atoms with van der Waals surface area (Å²) in [5.74, 6) is 2.54. The maximum absolute atomic E-state index is 12.0. The van der Waals surface area contributed by atoms with Gasteiger partial charge in [-0.3, -0.25) is 4.79 Å². The number of rotatable bonds is 10. The first-order valence-electron chi connectivity index (χ1n) is 8.64. The summed E-state index contributed by atoms with van der Waals surface area (Å²) in [7, 11) is 3.49. The first kappa shape index (κ1) is 20.1. The quantitative estimate of drug-likeness (QED) is 0.641. The molecule has 0 aliphatic heterocycles. The number of carbonyl (C=O) groups is 1. The number of nitrogens with one attached hydrogen (secondary N) is 1. The van der Waals surface area contributed by atoms with Crippen molar-refractivity contribution in [1.29, 1.82) is 0 Å². The van der Waals surface area contributed by atoms with Gasteiger partial charge in [-0.25, -0.2) is 0 Å². The number of hydrogen-bond acceptors (Lipinski definition) is 6. The van der Waals surface area contributed by atoms with Gasteiger partial charge in [0.25, 0.3) is 0 Å². The van der Waals surface area contributed by atoms with Crippen LogP contribution in [0.3, 0.4) is 0 Å². The van der Waals surface area contributed by atoms with Crippen LogP contribution >= 0.6 is 11.8 Å². The maximum atomic E-state index is 12.0. The monoisotopic (exact) mass is 378 g/mol. The summed E-state index contributed by atoms with van der Waals surface area (Å²) in [4.78, 5) is 12.0. The summed E-state index contributed by atoms with van der Waals surface area (Å²) >= 11 is 1.37. The molecule has 0 bridgehead atoms. The molecule has 2 rings (SSSR count). The Kier molecular flexibility index (Phi) is 7.77. The molecular weight excluding hydrogens is 352 g/mol. The van der Waals surface area contributed by atoms with E-state index in [1.165, 1.54) is 11.8 Å². The molecule has 0 radical (unpaired) electrons. The van der Waals surface area contributed by atoms with E-state index in [1.54, 1.807) is 7.11 Å². The number of thioether (sulfide) groups is 1. The molecule has 0 aliphatic carbocycles. The predicted octanol–water partition coefficient (Wildman–Crippen LogP) is 2.80. The van der Waals surface area contributed by atoms with Gasteiger partial charge in [0.1, 0.15) is 18.1 Å². The fraction of sp³-hybridized carbons (Fsp3) is 0.500. The molecular formula is C18H26N4O3S. The van der Waals surface area contributed by atoms with Crippen molar-refractivity contribution >= 4 is 17.7 Å². The molecule has 0 spiro atoms. The highest BCUT2D eigenvalue weighted by Crippen LogP contribution is 2.19. The normalized spacial score (nSPS) is 10.8. The summed E-state index contributed by atoms with van der Waals surface area (Å²) in [6.07, 6.45) is 1.87. The number of nitrogens with zero attached hydrogens (tertiary/aromatic N) is 3. The zero-order valence-electron chi connectivity index (χ0n) is 15.7. The van der Waals surface area contributed by atoms with Crippen molar-refractivity contribution in [3.63, 3.8) is 0 Å². The molecule has 0 saturated carbocycles. The second kappa shape index (κ2) is 10.1. The van der Waals surface area contributed by atoms with E-state index in [-0.39, 0.29) is 11.9 Å². The first-order chi connectivity index (χ1) is 12.6. The van der Waals surface area contributed by atoms with Crippen molar-refractivity contribution in [2.24, 2.45) is 7.05 Å². The van der Waals surface area contributed by atoms with E-state index in [0.717, 1.165) is 24.3 Å². The topological polar surface area (TPSA) is 78.3 Å². The fourth-order valence-corrected chi connectivity index (χ4v) is 3.05. The van der Waals surface area contributed by atoms with Gasteiger partial charge in [-0.15, -0.1) is 10.2 Å². The van der Waals surface area contributed by atoms with E-state index >= 15 is 0 Å². The first-order valence-corrected chi connectivity index (χ1v) is 9.63. The fourth-order valence-electron chi connectivity index (χ4n) is 2.31. The SMILES string of the molecule is CCC(CC)NC(=O)CSc1nnc(COc2ccc(OC)cc2)n1C.